The number of hydrogen-bond acceptors (Lipinski definition) is 11. The lowest BCUT2D eigenvalue weighted by molar-refractivity contribution is -0.385. The molecule has 0 spiro atoms. The Morgan fingerprint density at radius 2 is 0.920 bits per heavy atom. The Morgan fingerprint density at radius 3 is 1.24 bits per heavy atom. The molecule has 0 unspecified atom stereocenters. The summed E-state index contributed by atoms with van der Waals surface area (Å²) in [6.45, 7) is 15.7. The summed E-state index contributed by atoms with van der Waals surface area (Å²) in [6.07, 6.45) is 0. The number of likely N-dealkylation sites (N-methyl/N-ethyl adjacent to an activating group) is 3. The summed E-state index contributed by atoms with van der Waals surface area (Å²) in [5.74, 6) is 0. The van der Waals surface area contributed by atoms with E-state index < -0.39 is 4.92 Å². The van der Waals surface area contributed by atoms with Gasteiger partial charge >= 0.3 is 0 Å². The van der Waals surface area contributed by atoms with Crippen molar-refractivity contribution in [2.24, 2.45) is 0 Å². The molecule has 50 heavy (non-hydrogen) atoms. The Morgan fingerprint density at radius 1 is 0.580 bits per heavy atom. The number of rotatable bonds is 7. The number of halogens is 1. The van der Waals surface area contributed by atoms with E-state index in [0.29, 0.717) is 0 Å². The maximum Gasteiger partial charge on any atom is 0.269 e. The fourth-order valence-electron chi connectivity index (χ4n) is 5.36. The quantitative estimate of drug-likeness (QED) is 0.154. The van der Waals surface area contributed by atoms with Gasteiger partial charge in [-0.2, -0.15) is 0 Å². The van der Waals surface area contributed by atoms with Gasteiger partial charge in [-0.1, -0.05) is 52.3 Å². The van der Waals surface area contributed by atoms with Crippen molar-refractivity contribution in [2.75, 3.05) is 105 Å². The number of nitrogen functional groups attached to an aromatic ring is 1. The molecular formula is C36H54BrN9O4. The highest BCUT2D eigenvalue weighted by Crippen LogP contribution is 2.15. The molecular weight excluding hydrogens is 702 g/mol. The fourth-order valence-corrected chi connectivity index (χ4v) is 5.73. The SMILES string of the molecule is CN1CCN(Cc2ccc(N)cc2)CC1.CN1CCN(Cc2ccc([N+](=O)[O-])cc2)CC1.CN1CCNCC1.O=[N+]([O-])c1ccc(CBr)cc1. The van der Waals surface area contributed by atoms with Gasteiger partial charge in [-0.25, -0.2) is 0 Å². The molecule has 3 fully saturated rings. The van der Waals surface area contributed by atoms with Crippen molar-refractivity contribution in [1.82, 2.24) is 29.8 Å². The monoisotopic (exact) mass is 755 g/mol. The van der Waals surface area contributed by atoms with E-state index in [1.54, 1.807) is 24.3 Å². The van der Waals surface area contributed by atoms with Gasteiger partial charge in [0.1, 0.15) is 0 Å². The predicted molar refractivity (Wildman–Crippen MR) is 206 cm³/mol. The summed E-state index contributed by atoms with van der Waals surface area (Å²) in [4.78, 5) is 31.8. The van der Waals surface area contributed by atoms with Crippen molar-refractivity contribution in [3.8, 4) is 0 Å². The number of anilines is 1. The van der Waals surface area contributed by atoms with Gasteiger partial charge in [0.05, 0.1) is 9.85 Å². The number of nitro benzene ring substituents is 2. The maximum absolute atomic E-state index is 10.5. The summed E-state index contributed by atoms with van der Waals surface area (Å²) >= 11 is 3.25. The van der Waals surface area contributed by atoms with Crippen LogP contribution in [-0.2, 0) is 18.4 Å². The molecule has 3 heterocycles. The first-order chi connectivity index (χ1) is 24.0. The summed E-state index contributed by atoms with van der Waals surface area (Å²) in [7, 11) is 6.46. The van der Waals surface area contributed by atoms with E-state index in [2.05, 4.69) is 79.0 Å². The highest BCUT2D eigenvalue weighted by molar-refractivity contribution is 9.08. The van der Waals surface area contributed by atoms with E-state index in [1.807, 2.05) is 24.3 Å². The van der Waals surface area contributed by atoms with E-state index in [-0.39, 0.29) is 16.3 Å². The molecule has 0 radical (unpaired) electrons. The zero-order chi connectivity index (χ0) is 36.3. The van der Waals surface area contributed by atoms with Crippen LogP contribution >= 0.6 is 15.9 Å². The molecule has 274 valence electrons. The van der Waals surface area contributed by atoms with Crippen LogP contribution in [0, 0.1) is 20.2 Å². The lowest BCUT2D eigenvalue weighted by Crippen LogP contribution is -2.43. The molecule has 0 aliphatic carbocycles. The van der Waals surface area contributed by atoms with E-state index in [1.165, 1.54) is 57.0 Å². The minimum Gasteiger partial charge on any atom is -0.399 e. The summed E-state index contributed by atoms with van der Waals surface area (Å²) in [5.41, 5.74) is 10.3. The van der Waals surface area contributed by atoms with Crippen molar-refractivity contribution in [3.05, 3.63) is 110 Å². The first-order valence-corrected chi connectivity index (χ1v) is 18.2. The molecule has 3 aromatic carbocycles. The molecule has 13 nitrogen and oxygen atoms in total. The highest BCUT2D eigenvalue weighted by Gasteiger charge is 2.15. The molecule has 0 bridgehead atoms. The predicted octanol–water partition coefficient (Wildman–Crippen LogP) is 4.37. The van der Waals surface area contributed by atoms with Gasteiger partial charge in [-0.05, 0) is 50.0 Å². The topological polar surface area (TPSA) is 141 Å². The van der Waals surface area contributed by atoms with Crippen LogP contribution in [0.15, 0.2) is 72.8 Å². The molecule has 3 aromatic rings. The number of benzene rings is 3. The summed E-state index contributed by atoms with van der Waals surface area (Å²) in [5, 5.41) is 24.7. The van der Waals surface area contributed by atoms with Gasteiger partial charge in [0.15, 0.2) is 0 Å². The Hall–Kier alpha value is -3.50. The zero-order valence-corrected chi connectivity index (χ0v) is 31.3. The normalized spacial score (nSPS) is 17.6. The number of hydrogen-bond donors (Lipinski definition) is 2. The number of nitrogens with zero attached hydrogens (tertiary/aromatic N) is 7. The summed E-state index contributed by atoms with van der Waals surface area (Å²) in [6, 6.07) is 21.5. The van der Waals surface area contributed by atoms with Crippen molar-refractivity contribution >= 4 is 33.0 Å². The maximum atomic E-state index is 10.5. The van der Waals surface area contributed by atoms with Crippen LogP contribution in [0.25, 0.3) is 0 Å². The Kier molecular flexibility index (Phi) is 18.3. The molecule has 0 saturated carbocycles. The van der Waals surface area contributed by atoms with Gasteiger partial charge in [-0.3, -0.25) is 30.0 Å². The second-order valence-corrected chi connectivity index (χ2v) is 13.5. The third-order valence-corrected chi connectivity index (χ3v) is 9.42. The van der Waals surface area contributed by atoms with Gasteiger partial charge in [0.25, 0.3) is 11.4 Å². The van der Waals surface area contributed by atoms with Crippen molar-refractivity contribution in [3.63, 3.8) is 0 Å². The van der Waals surface area contributed by atoms with Gasteiger partial charge < -0.3 is 25.8 Å². The number of non-ortho nitro benzene ring substituents is 2. The minimum atomic E-state index is -0.405. The first kappa shape index (κ1) is 40.9. The van der Waals surface area contributed by atoms with Crippen LogP contribution in [0.1, 0.15) is 16.7 Å². The number of nitrogens with one attached hydrogen (secondary N) is 1. The van der Waals surface area contributed by atoms with E-state index in [9.17, 15) is 20.2 Å². The second-order valence-electron chi connectivity index (χ2n) is 12.9. The average molecular weight is 757 g/mol. The van der Waals surface area contributed by atoms with Crippen LogP contribution in [-0.4, -0.2) is 134 Å². The molecule has 0 aromatic heterocycles. The van der Waals surface area contributed by atoms with Crippen LogP contribution in [0.2, 0.25) is 0 Å². The third-order valence-electron chi connectivity index (χ3n) is 8.77. The Bertz CT molecular complexity index is 1390. The van der Waals surface area contributed by atoms with Gasteiger partial charge in [0, 0.05) is 127 Å². The molecule has 3 saturated heterocycles. The van der Waals surface area contributed by atoms with Gasteiger partial charge in [0.2, 0.25) is 0 Å². The smallest absolute Gasteiger partial charge is 0.269 e. The van der Waals surface area contributed by atoms with E-state index >= 15 is 0 Å². The Balaban J connectivity index is 0.000000188. The van der Waals surface area contributed by atoms with E-state index in [0.717, 1.165) is 74.5 Å². The Labute approximate surface area is 305 Å². The molecule has 3 N–H and O–H groups in total. The number of alkyl halides is 1. The number of nitro groups is 2. The molecule has 3 aliphatic heterocycles. The minimum absolute atomic E-state index is 0.134. The molecule has 3 aliphatic rings. The van der Waals surface area contributed by atoms with Crippen molar-refractivity contribution in [1.29, 1.82) is 0 Å². The third kappa shape index (κ3) is 16.0. The first-order valence-electron chi connectivity index (χ1n) is 17.1. The fraction of sp³-hybridized carbons (Fsp3) is 0.500. The van der Waals surface area contributed by atoms with Crippen LogP contribution in [0.3, 0.4) is 0 Å². The molecule has 6 rings (SSSR count). The zero-order valence-electron chi connectivity index (χ0n) is 29.8. The van der Waals surface area contributed by atoms with Crippen LogP contribution < -0.4 is 11.1 Å². The van der Waals surface area contributed by atoms with Crippen LogP contribution in [0.5, 0.6) is 0 Å². The number of nitrogens with two attached hydrogens (primary N) is 1. The standard InChI is InChI=1S/C12H17N3O2.C12H19N3.C7H6BrNO2.C5H12N2/c1-13-6-8-14(9-7-13)10-11-2-4-12(5-3-11)15(16)17;1-14-6-8-15(9-7-14)10-11-2-4-12(13)5-3-11;8-5-6-1-3-7(4-2-6)9(10)11;1-7-4-2-6-3-5-7/h2-5H,6-10H2,1H3;2-5H,6-10,13H2,1H3;1-4H,5H2;6H,2-5H2,1H3. The molecule has 0 atom stereocenters. The largest absolute Gasteiger partial charge is 0.399 e. The second kappa shape index (κ2) is 22.3. The van der Waals surface area contributed by atoms with E-state index in [4.69, 9.17) is 5.73 Å². The van der Waals surface area contributed by atoms with Gasteiger partial charge in [-0.15, -0.1) is 0 Å². The molecule has 14 heteroatoms. The average Bonchev–Trinajstić information content (AvgIpc) is 3.13. The van der Waals surface area contributed by atoms with Crippen LogP contribution in [0.4, 0.5) is 17.1 Å². The highest BCUT2D eigenvalue weighted by atomic mass is 79.9. The number of piperazine rings is 3. The molecule has 0 amide bonds. The lowest BCUT2D eigenvalue weighted by atomic mass is 10.2. The summed E-state index contributed by atoms with van der Waals surface area (Å²) < 4.78 is 0. The lowest BCUT2D eigenvalue weighted by Gasteiger charge is -2.32. The van der Waals surface area contributed by atoms with Crippen molar-refractivity contribution < 1.29 is 9.85 Å². The van der Waals surface area contributed by atoms with Crippen molar-refractivity contribution in [2.45, 2.75) is 18.4 Å².